The van der Waals surface area contributed by atoms with Crippen molar-refractivity contribution in [2.24, 2.45) is 0 Å². The molecule has 3 rings (SSSR count). The lowest BCUT2D eigenvalue weighted by molar-refractivity contribution is 0.240. The molecule has 0 saturated heterocycles. The number of carbonyl (C=O) groups excluding carboxylic acids is 1. The number of nitrogens with one attached hydrogen (secondary N) is 3. The standard InChI is InChI=1S/C24H28N4O2S.H2O/c29-24(27-19-20-10-9-15-25-18-20)26-16-7-2-8-17-28-31(30)23-14-6-5-13-22(23)21-11-3-1-4-12-21;/h1,3-6,9-15,18,28H,2,7-8,16-17,19H2,(H2,26,27,29);1H2. The van der Waals surface area contributed by atoms with Gasteiger partial charge in [-0.3, -0.25) is 4.98 Å². The molecule has 1 atom stereocenters. The number of rotatable bonds is 11. The molecular weight excluding hydrogens is 424 g/mol. The number of hydrogen-bond donors (Lipinski definition) is 3. The molecule has 3 aromatic rings. The molecule has 1 heterocycles. The summed E-state index contributed by atoms with van der Waals surface area (Å²) in [6, 6.07) is 21.3. The largest absolute Gasteiger partial charge is 0.412 e. The molecule has 1 unspecified atom stereocenters. The van der Waals surface area contributed by atoms with Gasteiger partial charge in [-0.15, -0.1) is 0 Å². The highest BCUT2D eigenvalue weighted by atomic mass is 32.2. The number of aromatic nitrogens is 1. The van der Waals surface area contributed by atoms with Gasteiger partial charge in [-0.2, -0.15) is 0 Å². The minimum absolute atomic E-state index is 0. The molecule has 0 aliphatic rings. The number of pyridine rings is 1. The minimum atomic E-state index is -1.27. The number of nitrogens with zero attached hydrogens (tertiary/aromatic N) is 1. The van der Waals surface area contributed by atoms with Crippen LogP contribution in [0.3, 0.4) is 0 Å². The van der Waals surface area contributed by atoms with Crippen LogP contribution in [0.4, 0.5) is 4.79 Å². The summed E-state index contributed by atoms with van der Waals surface area (Å²) >= 11 is 0. The Labute approximate surface area is 191 Å². The SMILES string of the molecule is O.O=C(NCCCCCNS(=O)c1ccccc1-c1ccccc1)NCc1cccnc1. The van der Waals surface area contributed by atoms with E-state index in [1.807, 2.05) is 66.7 Å². The maximum atomic E-state index is 12.7. The Morgan fingerprint density at radius 3 is 2.38 bits per heavy atom. The summed E-state index contributed by atoms with van der Waals surface area (Å²) < 4.78 is 15.8. The number of amides is 2. The second-order valence-electron chi connectivity index (χ2n) is 7.06. The van der Waals surface area contributed by atoms with Crippen LogP contribution >= 0.6 is 0 Å². The Bertz CT molecular complexity index is 971. The maximum absolute atomic E-state index is 12.7. The zero-order valence-corrected chi connectivity index (χ0v) is 18.7. The van der Waals surface area contributed by atoms with E-state index in [-0.39, 0.29) is 11.5 Å². The summed E-state index contributed by atoms with van der Waals surface area (Å²) in [5, 5.41) is 5.66. The zero-order chi connectivity index (χ0) is 21.7. The van der Waals surface area contributed by atoms with Crippen LogP contribution in [0.15, 0.2) is 84.0 Å². The predicted octanol–water partition coefficient (Wildman–Crippen LogP) is 3.21. The van der Waals surface area contributed by atoms with Crippen LogP contribution in [-0.4, -0.2) is 33.8 Å². The van der Waals surface area contributed by atoms with Crippen LogP contribution in [0.2, 0.25) is 0 Å². The first-order chi connectivity index (χ1) is 15.2. The van der Waals surface area contributed by atoms with Crippen molar-refractivity contribution in [3.05, 3.63) is 84.7 Å². The van der Waals surface area contributed by atoms with Gasteiger partial charge in [0.15, 0.2) is 0 Å². The van der Waals surface area contributed by atoms with Crippen molar-refractivity contribution in [2.75, 3.05) is 13.1 Å². The van der Waals surface area contributed by atoms with Gasteiger partial charge in [-0.25, -0.2) is 13.7 Å². The third-order valence-corrected chi connectivity index (χ3v) is 5.94. The van der Waals surface area contributed by atoms with Crippen molar-refractivity contribution in [2.45, 2.75) is 30.7 Å². The Balaban J connectivity index is 0.00000363. The van der Waals surface area contributed by atoms with Gasteiger partial charge in [0.1, 0.15) is 11.0 Å². The maximum Gasteiger partial charge on any atom is 0.315 e. The van der Waals surface area contributed by atoms with E-state index in [1.165, 1.54) is 0 Å². The number of carbonyl (C=O) groups is 1. The summed E-state index contributed by atoms with van der Waals surface area (Å²) in [5.41, 5.74) is 3.00. The van der Waals surface area contributed by atoms with Crippen molar-refractivity contribution >= 4 is 17.0 Å². The van der Waals surface area contributed by atoms with Gasteiger partial charge in [-0.1, -0.05) is 61.0 Å². The Kier molecular flexibility index (Phi) is 11.1. The van der Waals surface area contributed by atoms with Crippen LogP contribution in [0.5, 0.6) is 0 Å². The first-order valence-corrected chi connectivity index (χ1v) is 11.6. The fourth-order valence-corrected chi connectivity index (χ4v) is 4.18. The number of benzene rings is 2. The van der Waals surface area contributed by atoms with Gasteiger partial charge in [0.2, 0.25) is 0 Å². The molecule has 32 heavy (non-hydrogen) atoms. The summed E-state index contributed by atoms with van der Waals surface area (Å²) in [6.07, 6.45) is 6.13. The van der Waals surface area contributed by atoms with Crippen molar-refractivity contribution in [1.29, 1.82) is 0 Å². The Morgan fingerprint density at radius 2 is 1.59 bits per heavy atom. The average molecular weight is 455 g/mol. The van der Waals surface area contributed by atoms with Crippen molar-refractivity contribution < 1.29 is 14.5 Å². The second kappa shape index (κ2) is 14.1. The monoisotopic (exact) mass is 454 g/mol. The van der Waals surface area contributed by atoms with E-state index >= 15 is 0 Å². The second-order valence-corrected chi connectivity index (χ2v) is 8.32. The van der Waals surface area contributed by atoms with E-state index in [9.17, 15) is 9.00 Å². The summed E-state index contributed by atoms with van der Waals surface area (Å²) in [7, 11) is -1.27. The van der Waals surface area contributed by atoms with E-state index < -0.39 is 11.0 Å². The Morgan fingerprint density at radius 1 is 0.844 bits per heavy atom. The van der Waals surface area contributed by atoms with Crippen LogP contribution < -0.4 is 15.4 Å². The third-order valence-electron chi connectivity index (χ3n) is 4.72. The molecular formula is C24H30N4O3S. The molecule has 0 radical (unpaired) electrons. The van der Waals surface area contributed by atoms with Crippen LogP contribution in [-0.2, 0) is 17.5 Å². The molecule has 5 N–H and O–H groups in total. The van der Waals surface area contributed by atoms with Crippen molar-refractivity contribution in [3.8, 4) is 11.1 Å². The lowest BCUT2D eigenvalue weighted by Gasteiger charge is -2.11. The van der Waals surface area contributed by atoms with E-state index in [2.05, 4.69) is 20.3 Å². The fourth-order valence-electron chi connectivity index (χ4n) is 3.10. The minimum Gasteiger partial charge on any atom is -0.412 e. The molecule has 0 aliphatic carbocycles. The van der Waals surface area contributed by atoms with Gasteiger partial charge >= 0.3 is 6.03 Å². The predicted molar refractivity (Wildman–Crippen MR) is 128 cm³/mol. The van der Waals surface area contributed by atoms with E-state index in [0.717, 1.165) is 40.8 Å². The van der Waals surface area contributed by atoms with Gasteiger partial charge in [-0.05, 0) is 41.7 Å². The number of urea groups is 1. The van der Waals surface area contributed by atoms with Crippen LogP contribution in [0.25, 0.3) is 11.1 Å². The smallest absolute Gasteiger partial charge is 0.315 e. The van der Waals surface area contributed by atoms with Gasteiger partial charge < -0.3 is 16.1 Å². The number of unbranched alkanes of at least 4 members (excludes halogenated alkanes) is 2. The molecule has 0 aliphatic heterocycles. The molecule has 1 aromatic heterocycles. The Hall–Kier alpha value is -3.07. The first kappa shape index (κ1) is 25.2. The first-order valence-electron chi connectivity index (χ1n) is 10.4. The molecule has 0 fully saturated rings. The highest BCUT2D eigenvalue weighted by Crippen LogP contribution is 2.25. The van der Waals surface area contributed by atoms with E-state index in [1.54, 1.807) is 12.4 Å². The van der Waals surface area contributed by atoms with Crippen LogP contribution in [0.1, 0.15) is 24.8 Å². The average Bonchev–Trinajstić information content (AvgIpc) is 2.83. The molecule has 2 aromatic carbocycles. The lowest BCUT2D eigenvalue weighted by Crippen LogP contribution is -2.35. The molecule has 0 saturated carbocycles. The fraction of sp³-hybridized carbons (Fsp3) is 0.250. The molecule has 7 nitrogen and oxygen atoms in total. The molecule has 2 amide bonds. The quantitative estimate of drug-likeness (QED) is 0.387. The molecule has 170 valence electrons. The highest BCUT2D eigenvalue weighted by Gasteiger charge is 2.10. The highest BCUT2D eigenvalue weighted by molar-refractivity contribution is 7.83. The summed E-state index contributed by atoms with van der Waals surface area (Å²) in [4.78, 5) is 16.6. The summed E-state index contributed by atoms with van der Waals surface area (Å²) in [6.45, 7) is 1.72. The third kappa shape index (κ3) is 8.22. The van der Waals surface area contributed by atoms with E-state index in [4.69, 9.17) is 0 Å². The van der Waals surface area contributed by atoms with Gasteiger partial charge in [0, 0.05) is 32.0 Å². The zero-order valence-electron chi connectivity index (χ0n) is 17.9. The van der Waals surface area contributed by atoms with Gasteiger partial charge in [0.05, 0.1) is 4.90 Å². The van der Waals surface area contributed by atoms with E-state index in [0.29, 0.717) is 19.6 Å². The molecule has 8 heteroatoms. The normalized spacial score (nSPS) is 11.2. The van der Waals surface area contributed by atoms with Crippen molar-refractivity contribution in [1.82, 2.24) is 20.3 Å². The number of hydrogen-bond acceptors (Lipinski definition) is 3. The molecule has 0 spiro atoms. The lowest BCUT2D eigenvalue weighted by atomic mass is 10.1. The topological polar surface area (TPSA) is 115 Å². The van der Waals surface area contributed by atoms with Crippen LogP contribution in [0, 0.1) is 0 Å². The van der Waals surface area contributed by atoms with Gasteiger partial charge in [0.25, 0.3) is 0 Å². The van der Waals surface area contributed by atoms with Crippen molar-refractivity contribution in [3.63, 3.8) is 0 Å². The summed E-state index contributed by atoms with van der Waals surface area (Å²) in [5.74, 6) is 0. The molecule has 0 bridgehead atoms.